The Labute approximate surface area is 81.6 Å². The molecule has 0 aliphatic heterocycles. The third-order valence-corrected chi connectivity index (χ3v) is 1.71. The molecule has 0 bridgehead atoms. The van der Waals surface area contributed by atoms with Crippen LogP contribution in [0.25, 0.3) is 0 Å². The van der Waals surface area contributed by atoms with Gasteiger partial charge in [0.05, 0.1) is 11.0 Å². The number of nitrogen functional groups attached to an aromatic ring is 1. The molecule has 0 aromatic carbocycles. The highest BCUT2D eigenvalue weighted by Crippen LogP contribution is 2.34. The Bertz CT molecular complexity index is 386. The van der Waals surface area contributed by atoms with Gasteiger partial charge in [0.2, 0.25) is 0 Å². The lowest BCUT2D eigenvalue weighted by atomic mass is 10.2. The largest absolute Gasteiger partial charge is 0.383 e. The number of nitro groups is 1. The van der Waals surface area contributed by atoms with Gasteiger partial charge in [0.25, 0.3) is 12.1 Å². The maximum atomic E-state index is 12.3. The van der Waals surface area contributed by atoms with E-state index >= 15 is 0 Å². The second-order valence-electron chi connectivity index (χ2n) is 2.33. The third-order valence-electron chi connectivity index (χ3n) is 1.42. The van der Waals surface area contributed by atoms with Crippen LogP contribution in [0, 0.1) is 10.1 Å². The van der Waals surface area contributed by atoms with Gasteiger partial charge < -0.3 is 5.73 Å². The number of anilines is 1. The summed E-state index contributed by atoms with van der Waals surface area (Å²) in [4.78, 5) is 12.7. The minimum absolute atomic E-state index is 0.272. The smallest absolute Gasteiger partial charge is 0.285 e. The summed E-state index contributed by atoms with van der Waals surface area (Å²) in [6, 6.07) is 0.743. The van der Waals surface area contributed by atoms with Crippen molar-refractivity contribution in [2.75, 3.05) is 5.73 Å². The summed E-state index contributed by atoms with van der Waals surface area (Å²) in [7, 11) is 0. The van der Waals surface area contributed by atoms with Gasteiger partial charge in [-0.15, -0.1) is 0 Å². The zero-order valence-electron chi connectivity index (χ0n) is 6.58. The molecule has 1 heterocycles. The van der Waals surface area contributed by atoms with E-state index < -0.39 is 27.8 Å². The molecule has 0 aliphatic rings. The van der Waals surface area contributed by atoms with E-state index in [9.17, 15) is 18.9 Å². The summed E-state index contributed by atoms with van der Waals surface area (Å²) in [6.45, 7) is 0. The van der Waals surface area contributed by atoms with E-state index in [-0.39, 0.29) is 5.82 Å². The fourth-order valence-corrected chi connectivity index (χ4v) is 1.16. The van der Waals surface area contributed by atoms with E-state index in [1.807, 2.05) is 0 Å². The number of hydrogen-bond acceptors (Lipinski definition) is 4. The molecule has 0 radical (unpaired) electrons. The number of alkyl halides is 2. The molecule has 0 aliphatic carbocycles. The van der Waals surface area contributed by atoms with Gasteiger partial charge in [0, 0.05) is 0 Å². The number of halogens is 3. The Balaban J connectivity index is 3.44. The first-order chi connectivity index (χ1) is 6.43. The monoisotopic (exact) mass is 223 g/mol. The first kappa shape index (κ1) is 10.6. The van der Waals surface area contributed by atoms with Crippen molar-refractivity contribution in [3.63, 3.8) is 0 Å². The van der Waals surface area contributed by atoms with Crippen LogP contribution in [-0.4, -0.2) is 9.91 Å². The number of pyridine rings is 1. The Kier molecular flexibility index (Phi) is 2.80. The maximum Gasteiger partial charge on any atom is 0.285 e. The van der Waals surface area contributed by atoms with Crippen LogP contribution >= 0.6 is 11.6 Å². The van der Waals surface area contributed by atoms with Crippen molar-refractivity contribution in [2.24, 2.45) is 0 Å². The molecule has 0 spiro atoms. The lowest BCUT2D eigenvalue weighted by Gasteiger charge is -2.03. The van der Waals surface area contributed by atoms with Crippen LogP contribution in [0.1, 0.15) is 12.0 Å². The van der Waals surface area contributed by atoms with E-state index in [1.54, 1.807) is 0 Å². The van der Waals surface area contributed by atoms with Gasteiger partial charge in [-0.05, 0) is 0 Å². The molecule has 0 saturated heterocycles. The van der Waals surface area contributed by atoms with Crippen molar-refractivity contribution in [1.82, 2.24) is 4.98 Å². The van der Waals surface area contributed by atoms with E-state index in [0.29, 0.717) is 0 Å². The van der Waals surface area contributed by atoms with Crippen LogP contribution in [0.4, 0.5) is 20.3 Å². The minimum atomic E-state index is -3.06. The van der Waals surface area contributed by atoms with Gasteiger partial charge in [-0.25, -0.2) is 13.8 Å². The first-order valence-electron chi connectivity index (χ1n) is 3.32. The molecule has 0 atom stereocenters. The maximum absolute atomic E-state index is 12.3. The number of hydrogen-bond donors (Lipinski definition) is 1. The molecule has 5 nitrogen and oxygen atoms in total. The zero-order chi connectivity index (χ0) is 10.9. The van der Waals surface area contributed by atoms with Gasteiger partial charge in [0.15, 0.2) is 0 Å². The Morgan fingerprint density at radius 3 is 2.64 bits per heavy atom. The van der Waals surface area contributed by atoms with E-state index in [1.165, 1.54) is 0 Å². The average molecular weight is 224 g/mol. The van der Waals surface area contributed by atoms with Crippen LogP contribution < -0.4 is 5.73 Å². The third kappa shape index (κ3) is 1.87. The highest BCUT2D eigenvalue weighted by atomic mass is 35.5. The molecular weight excluding hydrogens is 220 g/mol. The Hall–Kier alpha value is -1.50. The van der Waals surface area contributed by atoms with Crippen molar-refractivity contribution >= 4 is 23.1 Å². The molecule has 14 heavy (non-hydrogen) atoms. The van der Waals surface area contributed by atoms with E-state index in [2.05, 4.69) is 4.98 Å². The van der Waals surface area contributed by atoms with E-state index in [0.717, 1.165) is 6.07 Å². The number of nitrogens with two attached hydrogens (primary N) is 1. The molecule has 2 N–H and O–H groups in total. The lowest BCUT2D eigenvalue weighted by Crippen LogP contribution is -2.01. The number of nitrogens with zero attached hydrogens (tertiary/aromatic N) is 2. The Morgan fingerprint density at radius 2 is 2.21 bits per heavy atom. The van der Waals surface area contributed by atoms with Crippen LogP contribution in [0.15, 0.2) is 6.07 Å². The summed E-state index contributed by atoms with van der Waals surface area (Å²) in [5, 5.41) is 9.71. The average Bonchev–Trinajstić information content (AvgIpc) is 2.01. The van der Waals surface area contributed by atoms with Crippen molar-refractivity contribution in [3.8, 4) is 0 Å². The molecule has 0 fully saturated rings. The Morgan fingerprint density at radius 1 is 1.64 bits per heavy atom. The van der Waals surface area contributed by atoms with Crippen molar-refractivity contribution in [1.29, 1.82) is 0 Å². The molecule has 0 unspecified atom stereocenters. The summed E-state index contributed by atoms with van der Waals surface area (Å²) in [6.07, 6.45) is -3.06. The molecule has 1 aromatic heterocycles. The lowest BCUT2D eigenvalue weighted by molar-refractivity contribution is -0.386. The molecule has 0 amide bonds. The van der Waals surface area contributed by atoms with Gasteiger partial charge in [-0.2, -0.15) is 0 Å². The molecule has 1 aromatic rings. The predicted molar refractivity (Wildman–Crippen MR) is 45.3 cm³/mol. The van der Waals surface area contributed by atoms with Crippen LogP contribution in [-0.2, 0) is 0 Å². The van der Waals surface area contributed by atoms with E-state index in [4.69, 9.17) is 17.3 Å². The summed E-state index contributed by atoms with van der Waals surface area (Å²) < 4.78 is 24.6. The first-order valence-corrected chi connectivity index (χ1v) is 3.69. The molecule has 8 heteroatoms. The molecule has 76 valence electrons. The summed E-state index contributed by atoms with van der Waals surface area (Å²) >= 11 is 5.30. The zero-order valence-corrected chi connectivity index (χ0v) is 7.33. The predicted octanol–water partition coefficient (Wildman–Crippen LogP) is 2.16. The second-order valence-corrected chi connectivity index (χ2v) is 2.69. The van der Waals surface area contributed by atoms with Gasteiger partial charge >= 0.3 is 0 Å². The molecule has 1 rings (SSSR count). The minimum Gasteiger partial charge on any atom is -0.383 e. The summed E-state index contributed by atoms with van der Waals surface area (Å²) in [5.41, 5.74) is 3.39. The molecule has 0 saturated carbocycles. The highest BCUT2D eigenvalue weighted by Gasteiger charge is 2.26. The second kappa shape index (κ2) is 3.70. The summed E-state index contributed by atoms with van der Waals surface area (Å²) in [5.74, 6) is -0.272. The van der Waals surface area contributed by atoms with Crippen molar-refractivity contribution in [3.05, 3.63) is 26.9 Å². The van der Waals surface area contributed by atoms with Gasteiger partial charge in [0.1, 0.15) is 16.5 Å². The fourth-order valence-electron chi connectivity index (χ4n) is 0.882. The van der Waals surface area contributed by atoms with Crippen LogP contribution in [0.3, 0.4) is 0 Å². The highest BCUT2D eigenvalue weighted by molar-refractivity contribution is 6.30. The fraction of sp³-hybridized carbons (Fsp3) is 0.167. The van der Waals surface area contributed by atoms with Crippen LogP contribution in [0.5, 0.6) is 0 Å². The van der Waals surface area contributed by atoms with Gasteiger partial charge in [-0.1, -0.05) is 11.6 Å². The molecular formula is C6H4ClF2N3O2. The van der Waals surface area contributed by atoms with Gasteiger partial charge in [-0.3, -0.25) is 10.1 Å². The standard InChI is InChI=1S/C6H4ClF2N3O2/c7-5-4(6(8)9)2(12(13)14)1-3(10)11-5/h1,6H,(H2,10,11). The van der Waals surface area contributed by atoms with Crippen molar-refractivity contribution in [2.45, 2.75) is 6.43 Å². The van der Waals surface area contributed by atoms with Crippen LogP contribution in [0.2, 0.25) is 5.15 Å². The number of rotatable bonds is 2. The normalized spacial score (nSPS) is 10.6. The number of aromatic nitrogens is 1. The quantitative estimate of drug-likeness (QED) is 0.473. The van der Waals surface area contributed by atoms with Crippen molar-refractivity contribution < 1.29 is 13.7 Å². The SMILES string of the molecule is Nc1cc([N+](=O)[O-])c(C(F)F)c(Cl)n1. The topological polar surface area (TPSA) is 82.0 Å².